The van der Waals surface area contributed by atoms with E-state index < -0.39 is 0 Å². The van der Waals surface area contributed by atoms with Crippen LogP contribution in [-0.2, 0) is 16.1 Å². The van der Waals surface area contributed by atoms with E-state index >= 15 is 0 Å². The van der Waals surface area contributed by atoms with E-state index in [1.54, 1.807) is 6.33 Å². The smallest absolute Gasteiger partial charge is 0.220 e. The molecule has 3 aliphatic rings. The van der Waals surface area contributed by atoms with Crippen molar-refractivity contribution in [3.8, 4) is 0 Å². The van der Waals surface area contributed by atoms with Crippen LogP contribution < -0.4 is 10.2 Å². The van der Waals surface area contributed by atoms with Gasteiger partial charge in [-0.15, -0.1) is 0 Å². The van der Waals surface area contributed by atoms with Gasteiger partial charge in [-0.3, -0.25) is 4.79 Å². The molecule has 0 bridgehead atoms. The zero-order chi connectivity index (χ0) is 19.8. The van der Waals surface area contributed by atoms with E-state index in [0.29, 0.717) is 25.5 Å². The minimum Gasteiger partial charge on any atom is -0.396 e. The molecule has 2 aromatic rings. The second kappa shape index (κ2) is 7.53. The molecule has 0 aromatic carbocycles. The van der Waals surface area contributed by atoms with Gasteiger partial charge in [-0.05, 0) is 25.2 Å². The molecule has 156 valence electrons. The molecule has 0 aliphatic carbocycles. The van der Waals surface area contributed by atoms with Crippen LogP contribution in [0.15, 0.2) is 12.7 Å². The lowest BCUT2D eigenvalue weighted by Gasteiger charge is -2.39. The second-order valence-corrected chi connectivity index (χ2v) is 8.81. The standard InChI is InChI=1S/C20H28N6O3/c27-8-15(14-2-5-29-9-14)7-26-13-24-17-18(22-12-23-19(17)26)25-4-1-3-20(11-25)6-16(28)21-10-20/h12-15,27H,1-11H2,(H,21,28). The Bertz CT molecular complexity index is 895. The first-order chi connectivity index (χ1) is 14.2. The molecule has 3 fully saturated rings. The fourth-order valence-corrected chi connectivity index (χ4v) is 5.20. The first-order valence-electron chi connectivity index (χ1n) is 10.5. The van der Waals surface area contributed by atoms with Crippen molar-refractivity contribution in [2.24, 2.45) is 17.3 Å². The highest BCUT2D eigenvalue weighted by Gasteiger charge is 2.42. The van der Waals surface area contributed by atoms with E-state index in [0.717, 1.165) is 62.5 Å². The lowest BCUT2D eigenvalue weighted by Crippen LogP contribution is -2.45. The van der Waals surface area contributed by atoms with Gasteiger partial charge in [0.2, 0.25) is 5.91 Å². The van der Waals surface area contributed by atoms with Crippen molar-refractivity contribution in [3.05, 3.63) is 12.7 Å². The number of hydrogen-bond donors (Lipinski definition) is 2. The summed E-state index contributed by atoms with van der Waals surface area (Å²) < 4.78 is 7.53. The minimum atomic E-state index is -0.000368. The van der Waals surface area contributed by atoms with E-state index in [4.69, 9.17) is 4.74 Å². The highest BCUT2D eigenvalue weighted by Crippen LogP contribution is 2.38. The Hall–Kier alpha value is -2.26. The van der Waals surface area contributed by atoms with Gasteiger partial charge in [0.15, 0.2) is 17.0 Å². The summed E-state index contributed by atoms with van der Waals surface area (Å²) in [6.07, 6.45) is 7.08. The fraction of sp³-hybridized carbons (Fsp3) is 0.700. The maximum Gasteiger partial charge on any atom is 0.220 e. The lowest BCUT2D eigenvalue weighted by atomic mass is 9.79. The summed E-state index contributed by atoms with van der Waals surface area (Å²) >= 11 is 0. The summed E-state index contributed by atoms with van der Waals surface area (Å²) in [5, 5.41) is 12.9. The summed E-state index contributed by atoms with van der Waals surface area (Å²) in [7, 11) is 0. The zero-order valence-electron chi connectivity index (χ0n) is 16.6. The second-order valence-electron chi connectivity index (χ2n) is 8.81. The van der Waals surface area contributed by atoms with Crippen LogP contribution in [0.4, 0.5) is 5.82 Å². The van der Waals surface area contributed by atoms with Gasteiger partial charge in [0.1, 0.15) is 6.33 Å². The highest BCUT2D eigenvalue weighted by molar-refractivity contribution is 5.84. The summed E-state index contributed by atoms with van der Waals surface area (Å²) in [6.45, 7) is 4.73. The molecule has 9 nitrogen and oxygen atoms in total. The van der Waals surface area contributed by atoms with Crippen LogP contribution in [0.3, 0.4) is 0 Å². The molecule has 3 unspecified atom stereocenters. The molecule has 1 spiro atoms. The number of carbonyl (C=O) groups excluding carboxylic acids is 1. The molecular weight excluding hydrogens is 372 g/mol. The number of hydrogen-bond acceptors (Lipinski definition) is 7. The number of nitrogens with one attached hydrogen (secondary N) is 1. The predicted molar refractivity (Wildman–Crippen MR) is 106 cm³/mol. The number of rotatable bonds is 5. The van der Waals surface area contributed by atoms with E-state index in [1.807, 2.05) is 10.9 Å². The Morgan fingerprint density at radius 1 is 1.38 bits per heavy atom. The molecule has 5 rings (SSSR count). The molecule has 0 saturated carbocycles. The average Bonchev–Trinajstić information content (AvgIpc) is 3.47. The van der Waals surface area contributed by atoms with Gasteiger partial charge in [-0.25, -0.2) is 15.0 Å². The van der Waals surface area contributed by atoms with Crippen LogP contribution in [-0.4, -0.2) is 70.0 Å². The van der Waals surface area contributed by atoms with Gasteiger partial charge in [0.25, 0.3) is 0 Å². The number of aromatic nitrogens is 4. The maximum absolute atomic E-state index is 11.8. The first-order valence-corrected chi connectivity index (χ1v) is 10.5. The number of carbonyl (C=O) groups is 1. The highest BCUT2D eigenvalue weighted by atomic mass is 16.5. The normalized spacial score (nSPS) is 28.4. The third-order valence-electron chi connectivity index (χ3n) is 6.84. The van der Waals surface area contributed by atoms with Gasteiger partial charge in [-0.2, -0.15) is 0 Å². The molecule has 9 heteroatoms. The van der Waals surface area contributed by atoms with Crippen molar-refractivity contribution in [2.75, 3.05) is 44.4 Å². The summed E-state index contributed by atoms with van der Waals surface area (Å²) in [4.78, 5) is 27.8. The number of fused-ring (bicyclic) bond motifs is 1. The molecule has 3 saturated heterocycles. The number of imidazole rings is 1. The van der Waals surface area contributed by atoms with E-state index in [1.165, 1.54) is 0 Å². The number of nitrogens with zero attached hydrogens (tertiary/aromatic N) is 5. The average molecular weight is 400 g/mol. The van der Waals surface area contributed by atoms with Crippen LogP contribution in [0, 0.1) is 17.3 Å². The van der Waals surface area contributed by atoms with Crippen molar-refractivity contribution in [3.63, 3.8) is 0 Å². The van der Waals surface area contributed by atoms with Crippen molar-refractivity contribution < 1.29 is 14.6 Å². The molecule has 0 radical (unpaired) electrons. The fourth-order valence-electron chi connectivity index (χ4n) is 5.20. The third kappa shape index (κ3) is 3.46. The largest absolute Gasteiger partial charge is 0.396 e. The van der Waals surface area contributed by atoms with Crippen LogP contribution in [0.2, 0.25) is 0 Å². The van der Waals surface area contributed by atoms with E-state index in [2.05, 4.69) is 25.2 Å². The van der Waals surface area contributed by atoms with Crippen molar-refractivity contribution in [1.82, 2.24) is 24.8 Å². The van der Waals surface area contributed by atoms with E-state index in [-0.39, 0.29) is 23.8 Å². The molecular formula is C20H28N6O3. The number of aliphatic hydroxyl groups is 1. The molecule has 29 heavy (non-hydrogen) atoms. The Labute approximate surface area is 169 Å². The van der Waals surface area contributed by atoms with Crippen LogP contribution in [0.5, 0.6) is 0 Å². The van der Waals surface area contributed by atoms with Crippen LogP contribution in [0.1, 0.15) is 25.7 Å². The molecule has 3 atom stereocenters. The monoisotopic (exact) mass is 400 g/mol. The Morgan fingerprint density at radius 2 is 2.31 bits per heavy atom. The van der Waals surface area contributed by atoms with Crippen molar-refractivity contribution >= 4 is 22.9 Å². The molecule has 1 amide bonds. The quantitative estimate of drug-likeness (QED) is 0.756. The SMILES string of the molecule is O=C1CC2(CCCN(c3ncnc4c3ncn4CC(CO)C3CCOC3)C2)CN1. The molecule has 5 heterocycles. The summed E-state index contributed by atoms with van der Waals surface area (Å²) in [5.74, 6) is 1.49. The van der Waals surface area contributed by atoms with Crippen molar-refractivity contribution in [1.29, 1.82) is 0 Å². The first kappa shape index (κ1) is 18.7. The Balaban J connectivity index is 1.40. The number of ether oxygens (including phenoxy) is 1. The zero-order valence-corrected chi connectivity index (χ0v) is 16.6. The summed E-state index contributed by atoms with van der Waals surface area (Å²) in [6, 6.07) is 0. The van der Waals surface area contributed by atoms with Gasteiger partial charge >= 0.3 is 0 Å². The number of piperidine rings is 1. The molecule has 3 aliphatic heterocycles. The minimum absolute atomic E-state index is 0.000368. The predicted octanol–water partition coefficient (Wildman–Crippen LogP) is 0.578. The van der Waals surface area contributed by atoms with Gasteiger partial charge in [-0.1, -0.05) is 0 Å². The van der Waals surface area contributed by atoms with Crippen molar-refractivity contribution in [2.45, 2.75) is 32.2 Å². The Morgan fingerprint density at radius 3 is 3.07 bits per heavy atom. The van der Waals surface area contributed by atoms with Gasteiger partial charge in [0.05, 0.1) is 6.33 Å². The summed E-state index contributed by atoms with van der Waals surface area (Å²) in [5.41, 5.74) is 1.59. The maximum atomic E-state index is 11.8. The Kier molecular flexibility index (Phi) is 4.87. The number of aliphatic hydroxyl groups excluding tert-OH is 1. The third-order valence-corrected chi connectivity index (χ3v) is 6.84. The van der Waals surface area contributed by atoms with Crippen LogP contribution in [0.25, 0.3) is 11.2 Å². The molecule has 2 N–H and O–H groups in total. The molecule has 2 aromatic heterocycles. The van der Waals surface area contributed by atoms with Gasteiger partial charge < -0.3 is 24.6 Å². The topological polar surface area (TPSA) is 105 Å². The van der Waals surface area contributed by atoms with E-state index in [9.17, 15) is 9.90 Å². The van der Waals surface area contributed by atoms with Gasteiger partial charge in [0, 0.05) is 63.8 Å². The number of amides is 1. The lowest BCUT2D eigenvalue weighted by molar-refractivity contribution is -0.119. The van der Waals surface area contributed by atoms with Crippen LogP contribution >= 0.6 is 0 Å². The number of anilines is 1.